The lowest BCUT2D eigenvalue weighted by molar-refractivity contribution is -0.158. The second-order valence-corrected chi connectivity index (χ2v) is 16.9. The Morgan fingerprint density at radius 2 is 1.43 bits per heavy atom. The molecular formula is C41H60BN3O9. The Labute approximate surface area is 321 Å². The third-order valence-electron chi connectivity index (χ3n) is 10.6. The van der Waals surface area contributed by atoms with Gasteiger partial charge in [-0.05, 0) is 78.3 Å². The molecular weight excluding hydrogens is 689 g/mol. The Kier molecular flexibility index (Phi) is 13.9. The number of unbranched alkanes of at least 4 members (excludes halogenated alkanes) is 1. The van der Waals surface area contributed by atoms with Crippen molar-refractivity contribution >= 4 is 31.2 Å². The molecule has 13 heteroatoms. The maximum absolute atomic E-state index is 14.5. The Bertz CT molecular complexity index is 1570. The Balaban J connectivity index is 1.62. The summed E-state index contributed by atoms with van der Waals surface area (Å²) < 4.78 is 29.7. The highest BCUT2D eigenvalue weighted by Crippen LogP contribution is 2.41. The highest BCUT2D eigenvalue weighted by molar-refractivity contribution is 6.45. The normalized spacial score (nSPS) is 21.1. The van der Waals surface area contributed by atoms with E-state index in [-0.39, 0.29) is 44.4 Å². The minimum absolute atomic E-state index is 0.00190. The van der Waals surface area contributed by atoms with Gasteiger partial charge in [0.2, 0.25) is 5.91 Å². The number of hydrogen-bond donors (Lipinski definition) is 1. The van der Waals surface area contributed by atoms with Gasteiger partial charge in [-0.3, -0.25) is 9.69 Å². The number of esters is 1. The summed E-state index contributed by atoms with van der Waals surface area (Å²) in [7, 11) is 1.23. The zero-order chi connectivity index (χ0) is 39.9. The number of amides is 3. The van der Waals surface area contributed by atoms with Gasteiger partial charge in [-0.1, -0.05) is 87.4 Å². The molecule has 0 spiro atoms. The van der Waals surface area contributed by atoms with Crippen LogP contribution >= 0.6 is 0 Å². The van der Waals surface area contributed by atoms with Gasteiger partial charge in [-0.25, -0.2) is 14.4 Å². The van der Waals surface area contributed by atoms with Crippen molar-refractivity contribution in [1.82, 2.24) is 15.1 Å². The van der Waals surface area contributed by atoms with E-state index < -0.39 is 59.7 Å². The zero-order valence-electron chi connectivity index (χ0n) is 33.8. The van der Waals surface area contributed by atoms with E-state index in [1.54, 1.807) is 27.8 Å². The Morgan fingerprint density at radius 3 is 1.94 bits per heavy atom. The lowest BCUT2D eigenvalue weighted by atomic mass is 9.80. The van der Waals surface area contributed by atoms with E-state index in [4.69, 9.17) is 23.5 Å². The standard InChI is InChI=1S/C41H60BN3O9/c1-29(2)33(43-36(48)52-38(3,4)5)34(46)44(10)32-25-41(35(47)50-27-30-19-13-11-14-20-30,23-17-18-24-42-53-39(6,7)40(8,9)54-42)45(26-32)37(49)51-28-31-21-15-12-16-22-31/h11-16,19-22,29,32-33H,17-18,23-28H2,1-10H3,(H,43,48)/t32-,33+,41+/m1/s1. The van der Waals surface area contributed by atoms with Crippen LogP contribution in [0.2, 0.25) is 6.32 Å². The number of carbonyl (C=O) groups excluding carboxylic acids is 4. The topological polar surface area (TPSA) is 133 Å². The molecule has 2 aromatic rings. The van der Waals surface area contributed by atoms with Crippen LogP contribution in [0, 0.1) is 5.92 Å². The van der Waals surface area contributed by atoms with Gasteiger partial charge in [0.05, 0.1) is 17.2 Å². The number of nitrogens with one attached hydrogen (secondary N) is 1. The number of likely N-dealkylation sites (N-methyl/N-ethyl adjacent to an activating group) is 1. The van der Waals surface area contributed by atoms with Crippen molar-refractivity contribution in [3.63, 3.8) is 0 Å². The highest BCUT2D eigenvalue weighted by Gasteiger charge is 2.57. The number of benzene rings is 2. The van der Waals surface area contributed by atoms with E-state index in [2.05, 4.69) is 5.32 Å². The van der Waals surface area contributed by atoms with Crippen LogP contribution in [0.15, 0.2) is 60.7 Å². The number of carbonyl (C=O) groups is 4. The lowest BCUT2D eigenvalue weighted by Gasteiger charge is -2.35. The van der Waals surface area contributed by atoms with E-state index in [0.29, 0.717) is 19.2 Å². The fourth-order valence-corrected chi connectivity index (χ4v) is 6.80. The fourth-order valence-electron chi connectivity index (χ4n) is 6.80. The maximum atomic E-state index is 14.5. The van der Waals surface area contributed by atoms with Gasteiger partial charge >= 0.3 is 25.3 Å². The average Bonchev–Trinajstić information content (AvgIpc) is 3.59. The number of rotatable bonds is 14. The molecule has 12 nitrogen and oxygen atoms in total. The van der Waals surface area contributed by atoms with Gasteiger partial charge in [-0.15, -0.1) is 0 Å². The minimum Gasteiger partial charge on any atom is -0.459 e. The van der Waals surface area contributed by atoms with Crippen LogP contribution in [0.3, 0.4) is 0 Å². The van der Waals surface area contributed by atoms with Crippen LogP contribution in [0.1, 0.15) is 99.1 Å². The third kappa shape index (κ3) is 10.8. The van der Waals surface area contributed by atoms with Crippen LogP contribution < -0.4 is 5.32 Å². The molecule has 1 N–H and O–H groups in total. The number of alkyl carbamates (subject to hydrolysis) is 1. The molecule has 2 saturated heterocycles. The number of nitrogens with zero attached hydrogens (tertiary/aromatic N) is 2. The molecule has 2 aliphatic heterocycles. The molecule has 2 aliphatic rings. The van der Waals surface area contributed by atoms with E-state index >= 15 is 0 Å². The van der Waals surface area contributed by atoms with E-state index in [1.165, 1.54) is 9.80 Å². The molecule has 2 fully saturated rings. The summed E-state index contributed by atoms with van der Waals surface area (Å²) in [4.78, 5) is 58.5. The smallest absolute Gasteiger partial charge is 0.457 e. The summed E-state index contributed by atoms with van der Waals surface area (Å²) in [5.74, 6) is -1.22. The van der Waals surface area contributed by atoms with Crippen LogP contribution in [-0.4, -0.2) is 89.0 Å². The molecule has 54 heavy (non-hydrogen) atoms. The van der Waals surface area contributed by atoms with Gasteiger partial charge in [0, 0.05) is 20.0 Å². The average molecular weight is 750 g/mol. The van der Waals surface area contributed by atoms with E-state index in [9.17, 15) is 19.2 Å². The summed E-state index contributed by atoms with van der Waals surface area (Å²) in [6.07, 6.45) is 0.741. The van der Waals surface area contributed by atoms with Crippen molar-refractivity contribution in [3.8, 4) is 0 Å². The highest BCUT2D eigenvalue weighted by atomic mass is 16.7. The molecule has 4 rings (SSSR count). The Hall–Kier alpha value is -4.10. The summed E-state index contributed by atoms with van der Waals surface area (Å²) in [5.41, 5.74) is -1.56. The van der Waals surface area contributed by atoms with Crippen molar-refractivity contribution in [2.24, 2.45) is 5.92 Å². The maximum Gasteiger partial charge on any atom is 0.457 e. The Morgan fingerprint density at radius 1 is 0.889 bits per heavy atom. The fraction of sp³-hybridized carbons (Fsp3) is 0.610. The zero-order valence-corrected chi connectivity index (χ0v) is 33.8. The van der Waals surface area contributed by atoms with Gasteiger partial charge in [0.25, 0.3) is 0 Å². The second-order valence-electron chi connectivity index (χ2n) is 16.9. The first-order chi connectivity index (χ1) is 25.2. The van der Waals surface area contributed by atoms with Crippen molar-refractivity contribution in [3.05, 3.63) is 71.8 Å². The summed E-state index contributed by atoms with van der Waals surface area (Å²) in [5, 5.41) is 2.74. The second kappa shape index (κ2) is 17.6. The van der Waals surface area contributed by atoms with Crippen LogP contribution in [0.4, 0.5) is 9.59 Å². The predicted molar refractivity (Wildman–Crippen MR) is 206 cm³/mol. The third-order valence-corrected chi connectivity index (χ3v) is 10.6. The number of hydrogen-bond acceptors (Lipinski definition) is 9. The van der Waals surface area contributed by atoms with Crippen LogP contribution in [-0.2, 0) is 46.3 Å². The molecule has 0 saturated carbocycles. The van der Waals surface area contributed by atoms with Crippen molar-refractivity contribution in [1.29, 1.82) is 0 Å². The van der Waals surface area contributed by atoms with E-state index in [1.807, 2.05) is 102 Å². The molecule has 2 heterocycles. The van der Waals surface area contributed by atoms with E-state index in [0.717, 1.165) is 11.1 Å². The molecule has 0 aromatic heterocycles. The summed E-state index contributed by atoms with van der Waals surface area (Å²) in [6, 6.07) is 17.1. The minimum atomic E-state index is -1.45. The molecule has 3 atom stereocenters. The first-order valence-corrected chi connectivity index (χ1v) is 19.1. The first kappa shape index (κ1) is 42.6. The van der Waals surface area contributed by atoms with Crippen molar-refractivity contribution < 1.29 is 42.7 Å². The molecule has 0 bridgehead atoms. The van der Waals surface area contributed by atoms with Gasteiger partial charge in [0.1, 0.15) is 30.4 Å². The van der Waals surface area contributed by atoms with Gasteiger partial charge in [0.15, 0.2) is 0 Å². The van der Waals surface area contributed by atoms with Crippen molar-refractivity contribution in [2.45, 2.75) is 142 Å². The summed E-state index contributed by atoms with van der Waals surface area (Å²) in [6.45, 7) is 17.0. The molecule has 0 aliphatic carbocycles. The quantitative estimate of drug-likeness (QED) is 0.0926. The monoisotopic (exact) mass is 749 g/mol. The predicted octanol–water partition coefficient (Wildman–Crippen LogP) is 7.15. The number of likely N-dealkylation sites (tertiary alicyclic amines) is 1. The first-order valence-electron chi connectivity index (χ1n) is 19.1. The lowest BCUT2D eigenvalue weighted by Crippen LogP contribution is -2.54. The van der Waals surface area contributed by atoms with Gasteiger partial charge < -0.3 is 33.7 Å². The largest absolute Gasteiger partial charge is 0.459 e. The molecule has 0 unspecified atom stereocenters. The molecule has 3 amide bonds. The van der Waals surface area contributed by atoms with Crippen LogP contribution in [0.5, 0.6) is 0 Å². The number of ether oxygens (including phenoxy) is 3. The summed E-state index contributed by atoms with van der Waals surface area (Å²) >= 11 is 0. The molecule has 0 radical (unpaired) electrons. The van der Waals surface area contributed by atoms with Gasteiger partial charge in [-0.2, -0.15) is 0 Å². The SMILES string of the molecule is CC(C)[C@H](NC(=O)OC(C)(C)C)C(=O)N(C)[C@H]1CN(C(=O)OCc2ccccc2)[C@](CCCCB2OC(C)(C)C(C)(C)O2)(C(=O)OCc2ccccc2)C1. The molecule has 2 aromatic carbocycles. The molecule has 296 valence electrons. The van der Waals surface area contributed by atoms with Crippen LogP contribution in [0.25, 0.3) is 0 Å². The van der Waals surface area contributed by atoms with Crippen molar-refractivity contribution in [2.75, 3.05) is 13.6 Å².